The maximum Gasteiger partial charge on any atom is 0.307 e. The molecule has 5 heteroatoms. The van der Waals surface area contributed by atoms with Crippen molar-refractivity contribution in [3.63, 3.8) is 0 Å². The Balaban J connectivity index is 2.37. The molecule has 0 bridgehead atoms. The van der Waals surface area contributed by atoms with Crippen LogP contribution in [0.3, 0.4) is 0 Å². The lowest BCUT2D eigenvalue weighted by atomic mass is 10.1. The van der Waals surface area contributed by atoms with Crippen molar-refractivity contribution in [1.29, 1.82) is 0 Å². The average Bonchev–Trinajstić information content (AvgIpc) is 2.33. The topological polar surface area (TPSA) is 49.3 Å². The summed E-state index contributed by atoms with van der Waals surface area (Å²) in [5, 5.41) is 11.9. The van der Waals surface area contributed by atoms with Gasteiger partial charge >= 0.3 is 5.97 Å². The molecule has 1 rings (SSSR count). The summed E-state index contributed by atoms with van der Waals surface area (Å²) >= 11 is 3.29. The predicted molar refractivity (Wildman–Crippen MR) is 72.1 cm³/mol. The van der Waals surface area contributed by atoms with E-state index < -0.39 is 5.97 Å². The molecule has 0 spiro atoms. The zero-order valence-electron chi connectivity index (χ0n) is 10.2. The van der Waals surface area contributed by atoms with Crippen LogP contribution in [0.15, 0.2) is 22.7 Å². The van der Waals surface area contributed by atoms with Gasteiger partial charge in [-0.25, -0.2) is 4.39 Å². The molecule has 0 aliphatic carbocycles. The number of hydrogen-bond donors (Lipinski definition) is 2. The van der Waals surface area contributed by atoms with Crippen molar-refractivity contribution in [3.05, 3.63) is 34.1 Å². The average molecular weight is 318 g/mol. The van der Waals surface area contributed by atoms with Crippen molar-refractivity contribution in [3.8, 4) is 0 Å². The van der Waals surface area contributed by atoms with Crippen molar-refractivity contribution in [2.24, 2.45) is 5.92 Å². The lowest BCUT2D eigenvalue weighted by Gasteiger charge is -2.11. The van der Waals surface area contributed by atoms with E-state index in [1.807, 2.05) is 6.92 Å². The Morgan fingerprint density at radius 3 is 2.89 bits per heavy atom. The second-order valence-electron chi connectivity index (χ2n) is 4.13. The number of halogens is 2. The standard InChI is InChI=1S/C13H17BrFNO2/c1-2-9(13(17)18)8-16-6-5-10-7-11(14)3-4-12(10)15/h3-4,7,9,16H,2,5-6,8H2,1H3,(H,17,18). The Morgan fingerprint density at radius 2 is 2.28 bits per heavy atom. The fraction of sp³-hybridized carbons (Fsp3) is 0.462. The van der Waals surface area contributed by atoms with Crippen LogP contribution in [0.25, 0.3) is 0 Å². The summed E-state index contributed by atoms with van der Waals surface area (Å²) < 4.78 is 14.3. The van der Waals surface area contributed by atoms with Gasteiger partial charge in [-0.3, -0.25) is 4.79 Å². The number of carboxylic acids is 1. The first kappa shape index (κ1) is 15.1. The molecule has 0 aliphatic heterocycles. The SMILES string of the molecule is CCC(CNCCc1cc(Br)ccc1F)C(=O)O. The highest BCUT2D eigenvalue weighted by Crippen LogP contribution is 2.15. The summed E-state index contributed by atoms with van der Waals surface area (Å²) in [6.07, 6.45) is 1.13. The molecule has 2 N–H and O–H groups in total. The van der Waals surface area contributed by atoms with Crippen LogP contribution in [0.5, 0.6) is 0 Å². The smallest absolute Gasteiger partial charge is 0.307 e. The summed E-state index contributed by atoms with van der Waals surface area (Å²) in [4.78, 5) is 10.8. The van der Waals surface area contributed by atoms with Crippen molar-refractivity contribution >= 4 is 21.9 Å². The number of benzene rings is 1. The van der Waals surface area contributed by atoms with E-state index in [1.165, 1.54) is 6.07 Å². The molecule has 0 amide bonds. The summed E-state index contributed by atoms with van der Waals surface area (Å²) in [5.41, 5.74) is 0.625. The van der Waals surface area contributed by atoms with Gasteiger partial charge in [0.15, 0.2) is 0 Å². The molecule has 1 aromatic rings. The highest BCUT2D eigenvalue weighted by molar-refractivity contribution is 9.10. The van der Waals surface area contributed by atoms with Gasteiger partial charge in [0.1, 0.15) is 5.82 Å². The lowest BCUT2D eigenvalue weighted by Crippen LogP contribution is -2.29. The molecule has 0 radical (unpaired) electrons. The van der Waals surface area contributed by atoms with Crippen LogP contribution in [0.4, 0.5) is 4.39 Å². The largest absolute Gasteiger partial charge is 0.481 e. The van der Waals surface area contributed by atoms with Crippen molar-refractivity contribution < 1.29 is 14.3 Å². The number of carbonyl (C=O) groups is 1. The quantitative estimate of drug-likeness (QED) is 0.760. The van der Waals surface area contributed by atoms with Crippen LogP contribution < -0.4 is 5.32 Å². The highest BCUT2D eigenvalue weighted by Gasteiger charge is 2.13. The first-order chi connectivity index (χ1) is 8.54. The molecule has 0 saturated heterocycles. The molecule has 18 heavy (non-hydrogen) atoms. The third kappa shape index (κ3) is 4.74. The Labute approximate surface area is 115 Å². The molecular formula is C13H17BrFNO2. The van der Waals surface area contributed by atoms with Crippen LogP contribution in [0.2, 0.25) is 0 Å². The molecular weight excluding hydrogens is 301 g/mol. The van der Waals surface area contributed by atoms with Crippen molar-refractivity contribution in [1.82, 2.24) is 5.32 Å². The van der Waals surface area contributed by atoms with Gasteiger partial charge in [0, 0.05) is 11.0 Å². The highest BCUT2D eigenvalue weighted by atomic mass is 79.9. The minimum Gasteiger partial charge on any atom is -0.481 e. The molecule has 0 aliphatic rings. The van der Waals surface area contributed by atoms with Gasteiger partial charge < -0.3 is 10.4 Å². The maximum atomic E-state index is 13.4. The van der Waals surface area contributed by atoms with E-state index in [0.29, 0.717) is 31.5 Å². The maximum absolute atomic E-state index is 13.4. The van der Waals surface area contributed by atoms with Gasteiger partial charge in [-0.2, -0.15) is 0 Å². The summed E-state index contributed by atoms with van der Waals surface area (Å²) in [5.74, 6) is -1.40. The summed E-state index contributed by atoms with van der Waals surface area (Å²) in [6, 6.07) is 4.82. The molecule has 0 fully saturated rings. The Kier molecular flexibility index (Phi) is 6.29. The number of carboxylic acid groups (broad SMARTS) is 1. The van der Waals surface area contributed by atoms with Crippen molar-refractivity contribution in [2.75, 3.05) is 13.1 Å². The molecule has 100 valence electrons. The van der Waals surface area contributed by atoms with E-state index in [0.717, 1.165) is 4.47 Å². The molecule has 0 heterocycles. The number of hydrogen-bond acceptors (Lipinski definition) is 2. The summed E-state index contributed by atoms with van der Waals surface area (Å²) in [7, 11) is 0. The lowest BCUT2D eigenvalue weighted by molar-refractivity contribution is -0.141. The van der Waals surface area contributed by atoms with E-state index in [2.05, 4.69) is 21.2 Å². The van der Waals surface area contributed by atoms with Crippen LogP contribution >= 0.6 is 15.9 Å². The van der Waals surface area contributed by atoms with Gasteiger partial charge in [0.25, 0.3) is 0 Å². The minimum atomic E-state index is -0.793. The van der Waals surface area contributed by atoms with Gasteiger partial charge in [-0.1, -0.05) is 22.9 Å². The third-order valence-corrected chi connectivity index (χ3v) is 3.30. The Morgan fingerprint density at radius 1 is 1.56 bits per heavy atom. The number of rotatable bonds is 7. The van der Waals surface area contributed by atoms with Crippen LogP contribution in [-0.2, 0) is 11.2 Å². The number of nitrogens with one attached hydrogen (secondary N) is 1. The van der Waals surface area contributed by atoms with Gasteiger partial charge in [0.2, 0.25) is 0 Å². The minimum absolute atomic E-state index is 0.231. The molecule has 1 atom stereocenters. The van der Waals surface area contributed by atoms with Gasteiger partial charge in [-0.15, -0.1) is 0 Å². The fourth-order valence-corrected chi connectivity index (χ4v) is 2.05. The molecule has 0 saturated carbocycles. The van der Waals surface area contributed by atoms with Crippen LogP contribution in [0.1, 0.15) is 18.9 Å². The Bertz CT molecular complexity index is 412. The zero-order valence-corrected chi connectivity index (χ0v) is 11.8. The van der Waals surface area contributed by atoms with E-state index in [4.69, 9.17) is 5.11 Å². The monoisotopic (exact) mass is 317 g/mol. The molecule has 1 unspecified atom stereocenters. The normalized spacial score (nSPS) is 12.4. The van der Waals surface area contributed by atoms with Gasteiger partial charge in [-0.05, 0) is 43.1 Å². The van der Waals surface area contributed by atoms with Crippen molar-refractivity contribution in [2.45, 2.75) is 19.8 Å². The second kappa shape index (κ2) is 7.48. The number of aliphatic carboxylic acids is 1. The third-order valence-electron chi connectivity index (χ3n) is 2.81. The van der Waals surface area contributed by atoms with E-state index in [1.54, 1.807) is 12.1 Å². The molecule has 3 nitrogen and oxygen atoms in total. The predicted octanol–water partition coefficient (Wildman–Crippen LogP) is 2.83. The zero-order chi connectivity index (χ0) is 13.5. The first-order valence-electron chi connectivity index (χ1n) is 5.92. The first-order valence-corrected chi connectivity index (χ1v) is 6.71. The summed E-state index contributed by atoms with van der Waals surface area (Å²) in [6.45, 7) is 2.83. The second-order valence-corrected chi connectivity index (χ2v) is 5.05. The van der Waals surface area contributed by atoms with Gasteiger partial charge in [0.05, 0.1) is 5.92 Å². The molecule has 0 aromatic heterocycles. The Hall–Kier alpha value is -0.940. The molecule has 1 aromatic carbocycles. The van der Waals surface area contributed by atoms with E-state index in [9.17, 15) is 9.18 Å². The van der Waals surface area contributed by atoms with E-state index >= 15 is 0 Å². The fourth-order valence-electron chi connectivity index (χ4n) is 1.64. The van der Waals surface area contributed by atoms with E-state index in [-0.39, 0.29) is 11.7 Å². The van der Waals surface area contributed by atoms with Crippen LogP contribution in [0, 0.1) is 11.7 Å². The van der Waals surface area contributed by atoms with Crippen LogP contribution in [-0.4, -0.2) is 24.2 Å².